The smallest absolute Gasteiger partial charge is 0.133 e. The van der Waals surface area contributed by atoms with E-state index in [0.29, 0.717) is 6.04 Å². The van der Waals surface area contributed by atoms with Gasteiger partial charge in [0.25, 0.3) is 0 Å². The lowest BCUT2D eigenvalue weighted by molar-refractivity contribution is 0.483. The molecule has 0 aliphatic rings. The van der Waals surface area contributed by atoms with E-state index in [1.807, 2.05) is 6.20 Å². The summed E-state index contributed by atoms with van der Waals surface area (Å²) in [4.78, 5) is 7.11. The molecular weight excluding hydrogens is 326 g/mol. The monoisotopic (exact) mass is 355 g/mol. The predicted molar refractivity (Wildman–Crippen MR) is 95.9 cm³/mol. The van der Waals surface area contributed by atoms with E-state index in [4.69, 9.17) is 0 Å². The zero-order valence-corrected chi connectivity index (χ0v) is 15.7. The van der Waals surface area contributed by atoms with Crippen LogP contribution in [0, 0.1) is 5.92 Å². The third kappa shape index (κ3) is 5.95. The Labute approximate surface area is 138 Å². The Hall–Kier alpha value is -0.610. The van der Waals surface area contributed by atoms with E-state index in [2.05, 4.69) is 71.8 Å². The van der Waals surface area contributed by atoms with Crippen LogP contribution in [0.3, 0.4) is 0 Å². The van der Waals surface area contributed by atoms with E-state index >= 15 is 0 Å². The van der Waals surface area contributed by atoms with E-state index in [9.17, 15) is 0 Å². The van der Waals surface area contributed by atoms with Gasteiger partial charge in [-0.05, 0) is 34.8 Å². The van der Waals surface area contributed by atoms with Gasteiger partial charge < -0.3 is 10.2 Å². The average molecular weight is 356 g/mol. The summed E-state index contributed by atoms with van der Waals surface area (Å²) >= 11 is 3.54. The molecule has 0 saturated heterocycles. The highest BCUT2D eigenvalue weighted by Gasteiger charge is 2.15. The molecule has 0 aromatic carbocycles. The summed E-state index contributed by atoms with van der Waals surface area (Å²) in [5, 5.41) is 3.50. The molecule has 0 fully saturated rings. The number of hydrogen-bond acceptors (Lipinski definition) is 3. The molecule has 0 aliphatic carbocycles. The average Bonchev–Trinajstić information content (AvgIpc) is 2.47. The van der Waals surface area contributed by atoms with Gasteiger partial charge in [0, 0.05) is 41.9 Å². The van der Waals surface area contributed by atoms with Gasteiger partial charge in [-0.2, -0.15) is 0 Å². The Morgan fingerprint density at radius 2 is 1.90 bits per heavy atom. The molecule has 1 N–H and O–H groups in total. The quantitative estimate of drug-likeness (QED) is 0.701. The van der Waals surface area contributed by atoms with E-state index in [0.717, 1.165) is 35.8 Å². The van der Waals surface area contributed by atoms with Crippen molar-refractivity contribution in [2.45, 2.75) is 60.0 Å². The minimum Gasteiger partial charge on any atom is -0.356 e. The molecule has 0 saturated carbocycles. The molecule has 0 spiro atoms. The molecule has 21 heavy (non-hydrogen) atoms. The second-order valence-corrected chi connectivity index (χ2v) is 6.81. The Morgan fingerprint density at radius 1 is 1.24 bits per heavy atom. The Kier molecular flexibility index (Phi) is 8.27. The van der Waals surface area contributed by atoms with Crippen LogP contribution in [0.4, 0.5) is 5.82 Å². The standard InChI is InChI=1S/C17H30BrN3/c1-6-14(7-2)12-21(8-3)17-15(10-19-13(4)5)9-16(18)11-20-17/h9,11,13-14,19H,6-8,10,12H2,1-5H3. The fourth-order valence-electron chi connectivity index (χ4n) is 2.43. The van der Waals surface area contributed by atoms with Crippen molar-refractivity contribution in [2.24, 2.45) is 5.92 Å². The molecule has 0 aliphatic heterocycles. The molecule has 1 rings (SSSR count). The zero-order chi connectivity index (χ0) is 15.8. The molecule has 1 aromatic rings. The molecule has 0 unspecified atom stereocenters. The Balaban J connectivity index is 2.96. The van der Waals surface area contributed by atoms with Gasteiger partial charge in [-0.1, -0.05) is 40.5 Å². The first-order valence-corrected chi connectivity index (χ1v) is 8.93. The van der Waals surface area contributed by atoms with Crippen LogP contribution in [0.2, 0.25) is 0 Å². The Bertz CT molecular complexity index is 416. The normalized spacial score (nSPS) is 11.4. The number of anilines is 1. The third-order valence-corrected chi connectivity index (χ3v) is 4.36. The summed E-state index contributed by atoms with van der Waals surface area (Å²) in [5.41, 5.74) is 1.27. The second kappa shape index (κ2) is 9.42. The van der Waals surface area contributed by atoms with Gasteiger partial charge in [0.05, 0.1) is 0 Å². The summed E-state index contributed by atoms with van der Waals surface area (Å²) in [6, 6.07) is 2.67. The van der Waals surface area contributed by atoms with Gasteiger partial charge in [0.15, 0.2) is 0 Å². The number of hydrogen-bond donors (Lipinski definition) is 1. The van der Waals surface area contributed by atoms with Crippen LogP contribution in [0.5, 0.6) is 0 Å². The Morgan fingerprint density at radius 3 is 2.43 bits per heavy atom. The van der Waals surface area contributed by atoms with Crippen molar-refractivity contribution in [3.05, 3.63) is 22.3 Å². The molecule has 0 atom stereocenters. The zero-order valence-electron chi connectivity index (χ0n) is 14.1. The fourth-order valence-corrected chi connectivity index (χ4v) is 2.81. The lowest BCUT2D eigenvalue weighted by atomic mass is 10.0. The topological polar surface area (TPSA) is 28.2 Å². The molecule has 4 heteroatoms. The maximum absolute atomic E-state index is 4.69. The van der Waals surface area contributed by atoms with Gasteiger partial charge in [0.1, 0.15) is 5.82 Å². The molecule has 3 nitrogen and oxygen atoms in total. The molecule has 1 heterocycles. The van der Waals surface area contributed by atoms with Crippen LogP contribution in [-0.2, 0) is 6.54 Å². The number of pyridine rings is 1. The molecule has 0 amide bonds. The van der Waals surface area contributed by atoms with Crippen molar-refractivity contribution in [2.75, 3.05) is 18.0 Å². The van der Waals surface area contributed by atoms with Crippen LogP contribution in [0.1, 0.15) is 53.0 Å². The highest BCUT2D eigenvalue weighted by atomic mass is 79.9. The summed E-state index contributed by atoms with van der Waals surface area (Å²) < 4.78 is 1.05. The molecule has 0 bridgehead atoms. The fraction of sp³-hybridized carbons (Fsp3) is 0.706. The van der Waals surface area contributed by atoms with E-state index < -0.39 is 0 Å². The van der Waals surface area contributed by atoms with Crippen LogP contribution in [-0.4, -0.2) is 24.1 Å². The van der Waals surface area contributed by atoms with Crippen LogP contribution < -0.4 is 10.2 Å². The van der Waals surface area contributed by atoms with Gasteiger partial charge in [-0.15, -0.1) is 0 Å². The largest absolute Gasteiger partial charge is 0.356 e. The SMILES string of the molecule is CCC(CC)CN(CC)c1ncc(Br)cc1CNC(C)C. The van der Waals surface area contributed by atoms with E-state index in [-0.39, 0.29) is 0 Å². The highest BCUT2D eigenvalue weighted by Crippen LogP contribution is 2.23. The van der Waals surface area contributed by atoms with Crippen LogP contribution >= 0.6 is 15.9 Å². The van der Waals surface area contributed by atoms with Crippen LogP contribution in [0.25, 0.3) is 0 Å². The summed E-state index contributed by atoms with van der Waals surface area (Å²) in [7, 11) is 0. The lowest BCUT2D eigenvalue weighted by Gasteiger charge is -2.28. The minimum atomic E-state index is 0.478. The highest BCUT2D eigenvalue weighted by molar-refractivity contribution is 9.10. The summed E-state index contributed by atoms with van der Waals surface area (Å²) in [6.07, 6.45) is 4.36. The minimum absolute atomic E-state index is 0.478. The second-order valence-electron chi connectivity index (χ2n) is 5.89. The van der Waals surface area contributed by atoms with Crippen molar-refractivity contribution in [1.29, 1.82) is 0 Å². The van der Waals surface area contributed by atoms with Crippen molar-refractivity contribution >= 4 is 21.7 Å². The summed E-state index contributed by atoms with van der Waals surface area (Å²) in [6.45, 7) is 14.1. The van der Waals surface area contributed by atoms with Gasteiger partial charge in [-0.25, -0.2) is 4.98 Å². The van der Waals surface area contributed by atoms with Crippen molar-refractivity contribution in [3.63, 3.8) is 0 Å². The lowest BCUT2D eigenvalue weighted by Crippen LogP contribution is -2.32. The molecule has 120 valence electrons. The number of nitrogens with zero attached hydrogens (tertiary/aromatic N) is 2. The molecular formula is C17H30BrN3. The van der Waals surface area contributed by atoms with Gasteiger partial charge in [-0.3, -0.25) is 0 Å². The number of aromatic nitrogens is 1. The summed E-state index contributed by atoms with van der Waals surface area (Å²) in [5.74, 6) is 1.86. The van der Waals surface area contributed by atoms with Gasteiger partial charge in [0.2, 0.25) is 0 Å². The maximum Gasteiger partial charge on any atom is 0.133 e. The van der Waals surface area contributed by atoms with Crippen molar-refractivity contribution < 1.29 is 0 Å². The first-order valence-electron chi connectivity index (χ1n) is 8.14. The van der Waals surface area contributed by atoms with Crippen LogP contribution in [0.15, 0.2) is 16.7 Å². The molecule has 1 aromatic heterocycles. The van der Waals surface area contributed by atoms with Crippen molar-refractivity contribution in [3.8, 4) is 0 Å². The van der Waals surface area contributed by atoms with E-state index in [1.54, 1.807) is 0 Å². The third-order valence-electron chi connectivity index (χ3n) is 3.92. The predicted octanol–water partition coefficient (Wildman–Crippen LogP) is 4.60. The number of nitrogens with one attached hydrogen (secondary N) is 1. The maximum atomic E-state index is 4.69. The number of rotatable bonds is 9. The van der Waals surface area contributed by atoms with E-state index in [1.165, 1.54) is 18.4 Å². The molecule has 0 radical (unpaired) electrons. The van der Waals surface area contributed by atoms with Gasteiger partial charge >= 0.3 is 0 Å². The first kappa shape index (κ1) is 18.4. The first-order chi connectivity index (χ1) is 10.0. The van der Waals surface area contributed by atoms with Crippen molar-refractivity contribution in [1.82, 2.24) is 10.3 Å². The number of halogens is 1.